The fourth-order valence-corrected chi connectivity index (χ4v) is 2.64. The lowest BCUT2D eigenvalue weighted by atomic mass is 10.1. The van der Waals surface area contributed by atoms with Gasteiger partial charge in [0.1, 0.15) is 6.54 Å². The van der Waals surface area contributed by atoms with Crippen LogP contribution in [0, 0.1) is 0 Å². The zero-order valence-electron chi connectivity index (χ0n) is 15.5. The van der Waals surface area contributed by atoms with Gasteiger partial charge in [-0.3, -0.25) is 23.9 Å². The topological polar surface area (TPSA) is 104 Å². The average molecular weight is 360 g/mol. The molecule has 0 spiro atoms. The highest BCUT2D eigenvalue weighted by molar-refractivity contribution is 5.86. The van der Waals surface area contributed by atoms with Gasteiger partial charge in [-0.2, -0.15) is 0 Å². The van der Waals surface area contributed by atoms with Gasteiger partial charge in [0, 0.05) is 12.1 Å². The van der Waals surface area contributed by atoms with E-state index in [2.05, 4.69) is 10.3 Å². The van der Waals surface area contributed by atoms with Crippen molar-refractivity contribution in [1.82, 2.24) is 19.8 Å². The maximum absolute atomic E-state index is 12.6. The molecule has 8 heteroatoms. The first kappa shape index (κ1) is 19.4. The molecule has 0 aliphatic carbocycles. The Hall–Kier alpha value is -2.90. The van der Waals surface area contributed by atoms with Gasteiger partial charge in [-0.1, -0.05) is 12.1 Å². The number of aromatic nitrogens is 2. The number of hydrogen-bond acceptors (Lipinski definition) is 4. The molecule has 2 amide bonds. The van der Waals surface area contributed by atoms with E-state index in [1.807, 2.05) is 20.8 Å². The van der Waals surface area contributed by atoms with E-state index < -0.39 is 16.8 Å². The molecule has 0 bridgehead atoms. The quantitative estimate of drug-likeness (QED) is 0.808. The molecule has 0 unspecified atom stereocenters. The van der Waals surface area contributed by atoms with Crippen LogP contribution in [0.2, 0.25) is 0 Å². The summed E-state index contributed by atoms with van der Waals surface area (Å²) in [5.41, 5.74) is -1.17. The molecule has 0 radical (unpaired) electrons. The standard InChI is InChI=1S/C18H24N4O4/c1-5-21(10-14(23)20-18(2,3)4)15(24)11-22-13-9-7-6-8-12(13)16(25)19-17(22)26/h6-9H,5,10-11H2,1-4H3,(H,20,23)(H,19,25,26). The molecule has 1 heterocycles. The van der Waals surface area contributed by atoms with Gasteiger partial charge in [0.15, 0.2) is 0 Å². The largest absolute Gasteiger partial charge is 0.350 e. The summed E-state index contributed by atoms with van der Waals surface area (Å²) >= 11 is 0. The molecule has 1 aromatic carbocycles. The summed E-state index contributed by atoms with van der Waals surface area (Å²) in [7, 11) is 0. The van der Waals surface area contributed by atoms with Gasteiger partial charge in [-0.15, -0.1) is 0 Å². The molecule has 0 aliphatic rings. The predicted molar refractivity (Wildman–Crippen MR) is 99.0 cm³/mol. The number of hydrogen-bond donors (Lipinski definition) is 2. The van der Waals surface area contributed by atoms with Crippen LogP contribution in [0.5, 0.6) is 0 Å². The van der Waals surface area contributed by atoms with Crippen molar-refractivity contribution < 1.29 is 9.59 Å². The summed E-state index contributed by atoms with van der Waals surface area (Å²) in [6.07, 6.45) is 0. The van der Waals surface area contributed by atoms with E-state index in [-0.39, 0.29) is 24.9 Å². The van der Waals surface area contributed by atoms with Crippen molar-refractivity contribution in [3.63, 3.8) is 0 Å². The molecule has 1 aromatic heterocycles. The molecule has 0 aliphatic heterocycles. The second-order valence-corrected chi connectivity index (χ2v) is 7.07. The lowest BCUT2D eigenvalue weighted by Crippen LogP contribution is -2.48. The second-order valence-electron chi connectivity index (χ2n) is 7.07. The lowest BCUT2D eigenvalue weighted by Gasteiger charge is -2.25. The van der Waals surface area contributed by atoms with Crippen LogP contribution >= 0.6 is 0 Å². The van der Waals surface area contributed by atoms with E-state index in [0.717, 1.165) is 0 Å². The second kappa shape index (κ2) is 7.55. The number of likely N-dealkylation sites (N-methyl/N-ethyl adjacent to an activating group) is 1. The molecule has 0 saturated heterocycles. The number of carbonyl (C=O) groups is 2. The van der Waals surface area contributed by atoms with Crippen molar-refractivity contribution in [3.05, 3.63) is 45.1 Å². The summed E-state index contributed by atoms with van der Waals surface area (Å²) in [5.74, 6) is -0.651. The lowest BCUT2D eigenvalue weighted by molar-refractivity contribution is -0.136. The molecular formula is C18H24N4O4. The van der Waals surface area contributed by atoms with E-state index in [4.69, 9.17) is 0 Å². The first-order valence-electron chi connectivity index (χ1n) is 8.43. The number of amides is 2. The van der Waals surface area contributed by atoms with Crippen molar-refractivity contribution in [3.8, 4) is 0 Å². The Morgan fingerprint density at radius 1 is 1.19 bits per heavy atom. The highest BCUT2D eigenvalue weighted by atomic mass is 16.2. The monoisotopic (exact) mass is 360 g/mol. The maximum Gasteiger partial charge on any atom is 0.329 e. The zero-order valence-corrected chi connectivity index (χ0v) is 15.5. The van der Waals surface area contributed by atoms with Gasteiger partial charge in [0.25, 0.3) is 5.56 Å². The van der Waals surface area contributed by atoms with Gasteiger partial charge >= 0.3 is 5.69 Å². The van der Waals surface area contributed by atoms with Crippen LogP contribution in [0.3, 0.4) is 0 Å². The van der Waals surface area contributed by atoms with Crippen LogP contribution in [0.25, 0.3) is 10.9 Å². The van der Waals surface area contributed by atoms with Crippen LogP contribution in [0.4, 0.5) is 0 Å². The number of carbonyl (C=O) groups excluding carboxylic acids is 2. The maximum atomic E-state index is 12.6. The number of nitrogens with zero attached hydrogens (tertiary/aromatic N) is 2. The number of H-pyrrole nitrogens is 1. The highest BCUT2D eigenvalue weighted by Gasteiger charge is 2.20. The number of fused-ring (bicyclic) bond motifs is 1. The third kappa shape index (κ3) is 4.59. The Morgan fingerprint density at radius 3 is 2.46 bits per heavy atom. The summed E-state index contributed by atoms with van der Waals surface area (Å²) in [5, 5.41) is 3.13. The minimum absolute atomic E-state index is 0.0946. The average Bonchev–Trinajstić information content (AvgIpc) is 2.54. The van der Waals surface area contributed by atoms with Crippen molar-refractivity contribution in [1.29, 1.82) is 0 Å². The van der Waals surface area contributed by atoms with Crippen molar-refractivity contribution in [2.24, 2.45) is 0 Å². The first-order chi connectivity index (χ1) is 12.1. The molecule has 2 N–H and O–H groups in total. The fourth-order valence-electron chi connectivity index (χ4n) is 2.64. The Kier molecular flexibility index (Phi) is 5.64. The fraction of sp³-hybridized carbons (Fsp3) is 0.444. The number of rotatable bonds is 5. The van der Waals surface area contributed by atoms with Crippen molar-refractivity contribution in [2.45, 2.75) is 39.8 Å². The predicted octanol–water partition coefficient (Wildman–Crippen LogP) is 0.453. The molecule has 8 nitrogen and oxygen atoms in total. The smallest absolute Gasteiger partial charge is 0.329 e. The number of aromatic amines is 1. The molecule has 140 valence electrons. The van der Waals surface area contributed by atoms with E-state index >= 15 is 0 Å². The van der Waals surface area contributed by atoms with Crippen molar-refractivity contribution >= 4 is 22.7 Å². The molecule has 2 aromatic rings. The van der Waals surface area contributed by atoms with E-state index in [1.54, 1.807) is 31.2 Å². The molecular weight excluding hydrogens is 336 g/mol. The third-order valence-corrected chi connectivity index (χ3v) is 3.78. The molecule has 26 heavy (non-hydrogen) atoms. The Bertz CT molecular complexity index is 937. The Balaban J connectivity index is 2.26. The van der Waals surface area contributed by atoms with E-state index in [9.17, 15) is 19.2 Å². The summed E-state index contributed by atoms with van der Waals surface area (Å²) < 4.78 is 1.21. The van der Waals surface area contributed by atoms with Gasteiger partial charge in [0.05, 0.1) is 17.4 Å². The molecule has 0 saturated carbocycles. The third-order valence-electron chi connectivity index (χ3n) is 3.78. The van der Waals surface area contributed by atoms with Crippen LogP contribution in [-0.4, -0.2) is 44.9 Å². The van der Waals surface area contributed by atoms with Crippen LogP contribution in [0.15, 0.2) is 33.9 Å². The van der Waals surface area contributed by atoms with Crippen LogP contribution in [0.1, 0.15) is 27.7 Å². The van der Waals surface area contributed by atoms with E-state index in [1.165, 1.54) is 9.47 Å². The van der Waals surface area contributed by atoms with Crippen LogP contribution in [-0.2, 0) is 16.1 Å². The van der Waals surface area contributed by atoms with Gasteiger partial charge in [0.2, 0.25) is 11.8 Å². The molecule has 0 atom stereocenters. The number of para-hydroxylation sites is 1. The van der Waals surface area contributed by atoms with Crippen molar-refractivity contribution in [2.75, 3.05) is 13.1 Å². The van der Waals surface area contributed by atoms with Gasteiger partial charge < -0.3 is 10.2 Å². The van der Waals surface area contributed by atoms with E-state index in [0.29, 0.717) is 17.4 Å². The summed E-state index contributed by atoms with van der Waals surface area (Å²) in [4.78, 5) is 52.4. The normalized spacial score (nSPS) is 11.4. The summed E-state index contributed by atoms with van der Waals surface area (Å²) in [6.45, 7) is 7.30. The molecule has 0 fully saturated rings. The Labute approximate surface area is 150 Å². The minimum atomic E-state index is -0.655. The highest BCUT2D eigenvalue weighted by Crippen LogP contribution is 2.07. The SMILES string of the molecule is CCN(CC(=O)NC(C)(C)C)C(=O)Cn1c(=O)[nH]c(=O)c2ccccc21. The van der Waals surface area contributed by atoms with Crippen LogP contribution < -0.4 is 16.6 Å². The first-order valence-corrected chi connectivity index (χ1v) is 8.43. The van der Waals surface area contributed by atoms with Gasteiger partial charge in [-0.05, 0) is 39.8 Å². The number of nitrogens with one attached hydrogen (secondary N) is 2. The Morgan fingerprint density at radius 2 is 1.85 bits per heavy atom. The summed E-state index contributed by atoms with van der Waals surface area (Å²) in [6, 6.07) is 6.57. The van der Waals surface area contributed by atoms with Gasteiger partial charge in [-0.25, -0.2) is 4.79 Å². The number of benzene rings is 1. The molecule has 2 rings (SSSR count). The zero-order chi connectivity index (χ0) is 19.5. The minimum Gasteiger partial charge on any atom is -0.350 e.